The Morgan fingerprint density at radius 2 is 2.25 bits per heavy atom. The predicted molar refractivity (Wildman–Crippen MR) is 52.9 cm³/mol. The Kier molecular flexibility index (Phi) is 2.89. The topological polar surface area (TPSA) is 46.2 Å². The van der Waals surface area contributed by atoms with E-state index >= 15 is 0 Å². The van der Waals surface area contributed by atoms with Gasteiger partial charge in [0.1, 0.15) is 5.75 Å². The molecule has 1 rings (SSSR count). The standard InChI is InChI=1S/C9H10BrNO/c1-2-8(11)6-4-3-5-7(10)9(6)12/h2-5,8,12H,1,11H2/t8-/m1/s1. The average molecular weight is 228 g/mol. The largest absolute Gasteiger partial charge is 0.506 e. The molecule has 12 heavy (non-hydrogen) atoms. The van der Waals surface area contributed by atoms with Crippen molar-refractivity contribution < 1.29 is 5.11 Å². The molecule has 0 radical (unpaired) electrons. The Morgan fingerprint density at radius 3 is 2.83 bits per heavy atom. The van der Waals surface area contributed by atoms with E-state index in [1.807, 2.05) is 6.07 Å². The van der Waals surface area contributed by atoms with Crippen molar-refractivity contribution in [3.05, 3.63) is 40.9 Å². The number of hydrogen-bond donors (Lipinski definition) is 2. The molecule has 0 aromatic heterocycles. The Bertz CT molecular complexity index is 299. The normalized spacial score (nSPS) is 12.5. The molecule has 0 bridgehead atoms. The maximum absolute atomic E-state index is 9.52. The third-order valence-electron chi connectivity index (χ3n) is 1.63. The number of hydrogen-bond acceptors (Lipinski definition) is 2. The Morgan fingerprint density at radius 1 is 1.58 bits per heavy atom. The first kappa shape index (κ1) is 9.29. The minimum atomic E-state index is -0.317. The van der Waals surface area contributed by atoms with Crippen LogP contribution in [-0.4, -0.2) is 5.11 Å². The number of benzene rings is 1. The lowest BCUT2D eigenvalue weighted by Crippen LogP contribution is -2.06. The van der Waals surface area contributed by atoms with Crippen LogP contribution in [0.2, 0.25) is 0 Å². The van der Waals surface area contributed by atoms with Gasteiger partial charge < -0.3 is 10.8 Å². The molecule has 0 unspecified atom stereocenters. The highest BCUT2D eigenvalue weighted by molar-refractivity contribution is 9.10. The molecule has 0 saturated heterocycles. The van der Waals surface area contributed by atoms with E-state index in [9.17, 15) is 5.11 Å². The zero-order valence-electron chi connectivity index (χ0n) is 6.50. The molecule has 0 heterocycles. The second kappa shape index (κ2) is 3.74. The highest BCUT2D eigenvalue weighted by Crippen LogP contribution is 2.30. The molecule has 1 aromatic rings. The molecule has 3 heteroatoms. The fraction of sp³-hybridized carbons (Fsp3) is 0.111. The third-order valence-corrected chi connectivity index (χ3v) is 2.27. The first-order valence-corrected chi connectivity index (χ1v) is 4.31. The first-order chi connectivity index (χ1) is 5.66. The second-order valence-electron chi connectivity index (χ2n) is 2.44. The van der Waals surface area contributed by atoms with E-state index < -0.39 is 0 Å². The van der Waals surface area contributed by atoms with Crippen LogP contribution in [0.4, 0.5) is 0 Å². The molecule has 0 aliphatic rings. The van der Waals surface area contributed by atoms with Crippen molar-refractivity contribution in [3.8, 4) is 5.75 Å². The van der Waals surface area contributed by atoms with E-state index in [0.717, 1.165) is 0 Å². The SMILES string of the molecule is C=C[C@@H](N)c1cccc(Br)c1O. The molecule has 0 aliphatic carbocycles. The Labute approximate surface area is 79.8 Å². The van der Waals surface area contributed by atoms with Crippen LogP contribution < -0.4 is 5.73 Å². The molecule has 0 aliphatic heterocycles. The van der Waals surface area contributed by atoms with Crippen LogP contribution in [0.5, 0.6) is 5.75 Å². The van der Waals surface area contributed by atoms with E-state index in [2.05, 4.69) is 22.5 Å². The van der Waals surface area contributed by atoms with Gasteiger partial charge >= 0.3 is 0 Å². The van der Waals surface area contributed by atoms with Gasteiger partial charge in [-0.1, -0.05) is 18.2 Å². The maximum Gasteiger partial charge on any atom is 0.134 e. The summed E-state index contributed by atoms with van der Waals surface area (Å²) >= 11 is 3.20. The zero-order chi connectivity index (χ0) is 9.14. The second-order valence-corrected chi connectivity index (χ2v) is 3.29. The smallest absolute Gasteiger partial charge is 0.134 e. The number of rotatable bonds is 2. The van der Waals surface area contributed by atoms with Gasteiger partial charge in [0.25, 0.3) is 0 Å². The molecule has 0 amide bonds. The molecule has 0 spiro atoms. The van der Waals surface area contributed by atoms with Gasteiger partial charge in [0.15, 0.2) is 0 Å². The maximum atomic E-state index is 9.52. The molecule has 3 N–H and O–H groups in total. The summed E-state index contributed by atoms with van der Waals surface area (Å²) in [5.74, 6) is 0.185. The summed E-state index contributed by atoms with van der Waals surface area (Å²) in [7, 11) is 0. The summed E-state index contributed by atoms with van der Waals surface area (Å²) in [6.45, 7) is 3.56. The number of aromatic hydroxyl groups is 1. The summed E-state index contributed by atoms with van der Waals surface area (Å²) in [6, 6.07) is 5.03. The highest BCUT2D eigenvalue weighted by Gasteiger charge is 2.08. The average Bonchev–Trinajstić information content (AvgIpc) is 2.08. The first-order valence-electron chi connectivity index (χ1n) is 3.52. The van der Waals surface area contributed by atoms with Gasteiger partial charge in [0.2, 0.25) is 0 Å². The van der Waals surface area contributed by atoms with Crippen LogP contribution in [0.3, 0.4) is 0 Å². The van der Waals surface area contributed by atoms with E-state index in [1.54, 1.807) is 18.2 Å². The summed E-state index contributed by atoms with van der Waals surface area (Å²) in [6.07, 6.45) is 1.58. The molecular formula is C9H10BrNO. The van der Waals surface area contributed by atoms with Crippen molar-refractivity contribution >= 4 is 15.9 Å². The number of phenols is 1. The Hall–Kier alpha value is -0.800. The van der Waals surface area contributed by atoms with Crippen molar-refractivity contribution in [1.82, 2.24) is 0 Å². The van der Waals surface area contributed by atoms with Crippen molar-refractivity contribution in [2.24, 2.45) is 5.73 Å². The van der Waals surface area contributed by atoms with Crippen LogP contribution in [0.15, 0.2) is 35.3 Å². The fourth-order valence-corrected chi connectivity index (χ4v) is 1.31. The van der Waals surface area contributed by atoms with Gasteiger partial charge in [-0.2, -0.15) is 0 Å². The van der Waals surface area contributed by atoms with E-state index in [4.69, 9.17) is 5.73 Å². The zero-order valence-corrected chi connectivity index (χ0v) is 8.08. The monoisotopic (exact) mass is 227 g/mol. The van der Waals surface area contributed by atoms with E-state index in [1.165, 1.54) is 0 Å². The summed E-state index contributed by atoms with van der Waals surface area (Å²) in [4.78, 5) is 0. The third kappa shape index (κ3) is 1.68. The molecule has 64 valence electrons. The van der Waals surface area contributed by atoms with Crippen LogP contribution in [0, 0.1) is 0 Å². The predicted octanol–water partition coefficient (Wildman–Crippen LogP) is 2.34. The van der Waals surface area contributed by atoms with Gasteiger partial charge in [0, 0.05) is 5.56 Å². The van der Waals surface area contributed by atoms with Gasteiger partial charge in [0.05, 0.1) is 10.5 Å². The van der Waals surface area contributed by atoms with Crippen LogP contribution in [-0.2, 0) is 0 Å². The minimum Gasteiger partial charge on any atom is -0.506 e. The van der Waals surface area contributed by atoms with E-state index in [0.29, 0.717) is 10.0 Å². The molecule has 2 nitrogen and oxygen atoms in total. The fourth-order valence-electron chi connectivity index (χ4n) is 0.928. The minimum absolute atomic E-state index is 0.185. The van der Waals surface area contributed by atoms with Gasteiger partial charge in [-0.25, -0.2) is 0 Å². The number of para-hydroxylation sites is 1. The van der Waals surface area contributed by atoms with Crippen LogP contribution in [0.1, 0.15) is 11.6 Å². The lowest BCUT2D eigenvalue weighted by molar-refractivity contribution is 0.462. The number of phenolic OH excluding ortho intramolecular Hbond substituents is 1. The molecule has 1 atom stereocenters. The quantitative estimate of drug-likeness (QED) is 0.763. The number of nitrogens with two attached hydrogens (primary N) is 1. The molecule has 0 saturated carbocycles. The highest BCUT2D eigenvalue weighted by atomic mass is 79.9. The van der Waals surface area contributed by atoms with Crippen molar-refractivity contribution in [1.29, 1.82) is 0 Å². The van der Waals surface area contributed by atoms with Gasteiger partial charge in [-0.15, -0.1) is 6.58 Å². The molecular weight excluding hydrogens is 218 g/mol. The molecule has 1 aromatic carbocycles. The Balaban J connectivity index is 3.15. The van der Waals surface area contributed by atoms with Crippen molar-refractivity contribution in [2.45, 2.75) is 6.04 Å². The van der Waals surface area contributed by atoms with Crippen molar-refractivity contribution in [3.63, 3.8) is 0 Å². The molecule has 0 fully saturated rings. The summed E-state index contributed by atoms with van der Waals surface area (Å²) in [5.41, 5.74) is 6.35. The lowest BCUT2D eigenvalue weighted by Gasteiger charge is -2.09. The lowest BCUT2D eigenvalue weighted by atomic mass is 10.1. The number of halogens is 1. The summed E-state index contributed by atoms with van der Waals surface area (Å²) in [5, 5.41) is 9.52. The van der Waals surface area contributed by atoms with E-state index in [-0.39, 0.29) is 11.8 Å². The van der Waals surface area contributed by atoms with Gasteiger partial charge in [-0.05, 0) is 22.0 Å². The summed E-state index contributed by atoms with van der Waals surface area (Å²) < 4.78 is 0.650. The van der Waals surface area contributed by atoms with Crippen LogP contribution >= 0.6 is 15.9 Å². The van der Waals surface area contributed by atoms with Crippen molar-refractivity contribution in [2.75, 3.05) is 0 Å². The van der Waals surface area contributed by atoms with Gasteiger partial charge in [-0.3, -0.25) is 0 Å². The van der Waals surface area contributed by atoms with Crippen LogP contribution in [0.25, 0.3) is 0 Å².